The number of benzene rings is 3. The molecule has 2 amide bonds. The third-order valence-electron chi connectivity index (χ3n) is 8.35. The van der Waals surface area contributed by atoms with Gasteiger partial charge in [-0.2, -0.15) is 5.10 Å². The zero-order valence-corrected chi connectivity index (χ0v) is 24.2. The first kappa shape index (κ1) is 28.6. The highest BCUT2D eigenvalue weighted by Gasteiger charge is 2.46. The number of carbonyl (C=O) groups is 2. The molecule has 4 aromatic rings. The molecule has 2 aliphatic heterocycles. The van der Waals surface area contributed by atoms with Crippen molar-refractivity contribution in [3.8, 4) is 5.75 Å². The number of rotatable bonds is 4. The maximum atomic E-state index is 14.5. The first-order chi connectivity index (χ1) is 21.0. The fraction of sp³-hybridized carbons (Fsp3) is 0.353. The fourth-order valence-electron chi connectivity index (χ4n) is 6.04. The van der Waals surface area contributed by atoms with Crippen molar-refractivity contribution in [3.05, 3.63) is 107 Å². The number of para-hydroxylation sites is 1. The van der Waals surface area contributed by atoms with E-state index in [0.29, 0.717) is 38.0 Å². The molecule has 1 fully saturated rings. The van der Waals surface area contributed by atoms with Gasteiger partial charge in [0.25, 0.3) is 11.5 Å². The predicted octanol–water partition coefficient (Wildman–Crippen LogP) is 3.83. The number of nitrogens with zero attached hydrogens (tertiary/aromatic N) is 4. The Hall–Kier alpha value is -4.50. The van der Waals surface area contributed by atoms with E-state index in [1.807, 2.05) is 60.7 Å². The summed E-state index contributed by atoms with van der Waals surface area (Å²) in [6.07, 6.45) is 4.50. The minimum atomic E-state index is -1.19. The highest BCUT2D eigenvalue weighted by molar-refractivity contribution is 5.87. The Kier molecular flexibility index (Phi) is 8.51. The van der Waals surface area contributed by atoms with Crippen molar-refractivity contribution in [1.29, 1.82) is 0 Å². The third kappa shape index (κ3) is 6.32. The van der Waals surface area contributed by atoms with Crippen LogP contribution in [0.4, 0.5) is 0 Å². The molecular formula is C34H36N4O5. The first-order valence-corrected chi connectivity index (χ1v) is 14.9. The minimum Gasteiger partial charge on any atom is -0.491 e. The van der Waals surface area contributed by atoms with Gasteiger partial charge in [-0.15, -0.1) is 0 Å². The molecular weight excluding hydrogens is 544 g/mol. The van der Waals surface area contributed by atoms with Crippen LogP contribution in [0, 0.1) is 0 Å². The van der Waals surface area contributed by atoms with Crippen LogP contribution in [0.25, 0.3) is 10.8 Å². The van der Waals surface area contributed by atoms with Gasteiger partial charge in [-0.3, -0.25) is 14.4 Å². The molecule has 0 bridgehead atoms. The normalized spacial score (nSPS) is 19.8. The van der Waals surface area contributed by atoms with E-state index in [2.05, 4.69) is 11.2 Å². The van der Waals surface area contributed by atoms with Crippen LogP contribution in [-0.4, -0.2) is 69.8 Å². The van der Waals surface area contributed by atoms with E-state index in [9.17, 15) is 14.4 Å². The monoisotopic (exact) mass is 580 g/mol. The topological polar surface area (TPSA) is 94.0 Å². The van der Waals surface area contributed by atoms with E-state index in [1.165, 1.54) is 4.68 Å². The van der Waals surface area contributed by atoms with Crippen LogP contribution in [0.3, 0.4) is 0 Å². The second-order valence-electron chi connectivity index (χ2n) is 11.2. The quantitative estimate of drug-likeness (QED) is 0.364. The van der Waals surface area contributed by atoms with Crippen LogP contribution in [0.5, 0.6) is 5.75 Å². The Balaban J connectivity index is 1.26. The molecule has 222 valence electrons. The van der Waals surface area contributed by atoms with Crippen molar-refractivity contribution in [2.45, 2.75) is 44.4 Å². The smallest absolute Gasteiger partial charge is 0.275 e. The average molecular weight is 581 g/mol. The predicted molar refractivity (Wildman–Crippen MR) is 163 cm³/mol. The molecule has 9 nitrogen and oxygen atoms in total. The fourth-order valence-corrected chi connectivity index (χ4v) is 6.04. The Morgan fingerprint density at radius 2 is 1.67 bits per heavy atom. The third-order valence-corrected chi connectivity index (χ3v) is 8.35. The molecule has 1 saturated heterocycles. The zero-order valence-electron chi connectivity index (χ0n) is 24.2. The van der Waals surface area contributed by atoms with Crippen LogP contribution in [-0.2, 0) is 33.8 Å². The van der Waals surface area contributed by atoms with Crippen molar-refractivity contribution in [2.75, 3.05) is 32.8 Å². The van der Waals surface area contributed by atoms with Gasteiger partial charge < -0.3 is 19.3 Å². The molecule has 1 aromatic heterocycles. The Morgan fingerprint density at radius 1 is 0.884 bits per heavy atom. The molecule has 1 unspecified atom stereocenters. The second-order valence-corrected chi connectivity index (χ2v) is 11.2. The van der Waals surface area contributed by atoms with Gasteiger partial charge in [0.15, 0.2) is 5.60 Å². The summed E-state index contributed by atoms with van der Waals surface area (Å²) in [6.45, 7) is 1.60. The lowest BCUT2D eigenvalue weighted by Crippen LogP contribution is -2.62. The molecule has 0 saturated carbocycles. The van der Waals surface area contributed by atoms with Gasteiger partial charge in [-0.25, -0.2) is 4.68 Å². The van der Waals surface area contributed by atoms with E-state index >= 15 is 0 Å². The molecule has 0 aliphatic carbocycles. The number of carbonyl (C=O) groups excluding carboxylic acids is 2. The van der Waals surface area contributed by atoms with Gasteiger partial charge in [0.1, 0.15) is 18.9 Å². The van der Waals surface area contributed by atoms with Gasteiger partial charge in [-0.1, -0.05) is 66.7 Å². The van der Waals surface area contributed by atoms with Crippen LogP contribution in [0.1, 0.15) is 30.4 Å². The van der Waals surface area contributed by atoms with Crippen molar-refractivity contribution < 1.29 is 19.1 Å². The highest BCUT2D eigenvalue weighted by Crippen LogP contribution is 2.30. The number of hydrogen-bond donors (Lipinski definition) is 0. The molecule has 43 heavy (non-hydrogen) atoms. The van der Waals surface area contributed by atoms with E-state index < -0.39 is 5.60 Å². The molecule has 1 atom stereocenters. The molecule has 6 rings (SSSR count). The summed E-state index contributed by atoms with van der Waals surface area (Å²) in [7, 11) is 0. The van der Waals surface area contributed by atoms with Gasteiger partial charge in [0, 0.05) is 18.5 Å². The Labute approximate surface area is 250 Å². The van der Waals surface area contributed by atoms with E-state index in [4.69, 9.17) is 9.47 Å². The number of aromatic nitrogens is 2. The summed E-state index contributed by atoms with van der Waals surface area (Å²) in [6, 6.07) is 25.1. The summed E-state index contributed by atoms with van der Waals surface area (Å²) in [5, 5.41) is 5.48. The lowest BCUT2D eigenvalue weighted by atomic mass is 9.90. The number of morpholine rings is 1. The van der Waals surface area contributed by atoms with Gasteiger partial charge >= 0.3 is 0 Å². The largest absolute Gasteiger partial charge is 0.491 e. The maximum Gasteiger partial charge on any atom is 0.275 e. The van der Waals surface area contributed by atoms with Crippen LogP contribution < -0.4 is 10.3 Å². The van der Waals surface area contributed by atoms with Crippen molar-refractivity contribution in [2.24, 2.45) is 0 Å². The number of fused-ring (bicyclic) bond motifs is 2. The Morgan fingerprint density at radius 3 is 2.56 bits per heavy atom. The molecule has 3 heterocycles. The van der Waals surface area contributed by atoms with Crippen LogP contribution in [0.2, 0.25) is 0 Å². The summed E-state index contributed by atoms with van der Waals surface area (Å²) in [5.41, 5.74) is 0.644. The number of ether oxygens (including phenoxy) is 2. The van der Waals surface area contributed by atoms with E-state index in [1.54, 1.807) is 28.1 Å². The van der Waals surface area contributed by atoms with Gasteiger partial charge in [0.05, 0.1) is 31.3 Å². The van der Waals surface area contributed by atoms with Crippen LogP contribution >= 0.6 is 0 Å². The standard InChI is InChI=1S/C34H36N4O5/c39-31(24-38-32(40)29-15-6-4-14-28(29)22-35-38)37-19-21-43-34(25-37)17-9-8-13-27-12-5-7-16-30(27)42-20-18-36(33(34)41)23-26-10-2-1-3-11-26/h1-7,10-12,14-16,22H,8-9,13,17-21,23-25H2. The van der Waals surface area contributed by atoms with Crippen LogP contribution in [0.15, 0.2) is 89.9 Å². The Bertz CT molecular complexity index is 1660. The summed E-state index contributed by atoms with van der Waals surface area (Å²) in [5.74, 6) is 0.443. The average Bonchev–Trinajstić information content (AvgIpc) is 3.04. The maximum absolute atomic E-state index is 14.5. The number of hydrogen-bond acceptors (Lipinski definition) is 6. The summed E-state index contributed by atoms with van der Waals surface area (Å²) < 4.78 is 13.7. The number of aryl methyl sites for hydroxylation is 1. The molecule has 1 spiro atoms. The molecule has 0 N–H and O–H groups in total. The summed E-state index contributed by atoms with van der Waals surface area (Å²) in [4.78, 5) is 44.6. The summed E-state index contributed by atoms with van der Waals surface area (Å²) >= 11 is 0. The van der Waals surface area contributed by atoms with Crippen molar-refractivity contribution in [3.63, 3.8) is 0 Å². The molecule has 3 aromatic carbocycles. The lowest BCUT2D eigenvalue weighted by molar-refractivity contribution is -0.177. The lowest BCUT2D eigenvalue weighted by Gasteiger charge is -2.44. The molecule has 2 aliphatic rings. The van der Waals surface area contributed by atoms with E-state index in [-0.39, 0.29) is 37.1 Å². The van der Waals surface area contributed by atoms with E-state index in [0.717, 1.165) is 41.5 Å². The minimum absolute atomic E-state index is 0.121. The SMILES string of the molecule is O=C(Cn1ncc2ccccc2c1=O)N1CCOC2(CCCCc3ccccc3OCCN(Cc3ccccc3)C2=O)C1. The van der Waals surface area contributed by atoms with Gasteiger partial charge in [-0.05, 0) is 48.9 Å². The molecule has 0 radical (unpaired) electrons. The van der Waals surface area contributed by atoms with Crippen molar-refractivity contribution >= 4 is 22.6 Å². The first-order valence-electron chi connectivity index (χ1n) is 14.9. The second kappa shape index (κ2) is 12.8. The van der Waals surface area contributed by atoms with Gasteiger partial charge in [0.2, 0.25) is 5.91 Å². The molecule has 9 heteroatoms. The van der Waals surface area contributed by atoms with Crippen molar-refractivity contribution in [1.82, 2.24) is 19.6 Å². The number of amides is 2. The highest BCUT2D eigenvalue weighted by atomic mass is 16.5. The zero-order chi connectivity index (χ0) is 29.6.